The van der Waals surface area contributed by atoms with Crippen LogP contribution in [0.15, 0.2) is 42.7 Å². The van der Waals surface area contributed by atoms with Crippen LogP contribution in [-0.4, -0.2) is 23.2 Å². The summed E-state index contributed by atoms with van der Waals surface area (Å²) in [6, 6.07) is 11.8. The van der Waals surface area contributed by atoms with Gasteiger partial charge in [0.2, 0.25) is 0 Å². The molecule has 27 heavy (non-hydrogen) atoms. The fourth-order valence-corrected chi connectivity index (χ4v) is 2.93. The first-order chi connectivity index (χ1) is 13.1. The first-order valence-corrected chi connectivity index (χ1v) is 8.71. The van der Waals surface area contributed by atoms with Crippen LogP contribution in [0.3, 0.4) is 0 Å². The first-order valence-electron chi connectivity index (χ1n) is 8.71. The predicted octanol–water partition coefficient (Wildman–Crippen LogP) is 3.93. The maximum atomic E-state index is 6.29. The van der Waals surface area contributed by atoms with E-state index in [2.05, 4.69) is 33.6 Å². The molecule has 0 fully saturated rings. The number of benzene rings is 2. The maximum absolute atomic E-state index is 6.29. The lowest BCUT2D eigenvalue weighted by Gasteiger charge is -2.19. The summed E-state index contributed by atoms with van der Waals surface area (Å²) in [6.07, 6.45) is 1.47. The lowest BCUT2D eigenvalue weighted by atomic mass is 10.1. The van der Waals surface area contributed by atoms with Gasteiger partial charge in [-0.25, -0.2) is 9.97 Å². The third-order valence-corrected chi connectivity index (χ3v) is 4.32. The number of ether oxygens (including phenoxy) is 2. The molecule has 0 aliphatic carbocycles. The van der Waals surface area contributed by atoms with E-state index in [1.807, 2.05) is 37.3 Å². The van der Waals surface area contributed by atoms with Crippen molar-refractivity contribution in [1.82, 2.24) is 9.97 Å². The number of anilines is 5. The Labute approximate surface area is 157 Å². The molecular weight excluding hydrogens is 342 g/mol. The summed E-state index contributed by atoms with van der Waals surface area (Å²) in [4.78, 5) is 8.54. The number of nitrogens with one attached hydrogen (secondary N) is 2. The van der Waals surface area contributed by atoms with Crippen LogP contribution in [0.4, 0.5) is 28.7 Å². The molecule has 0 saturated heterocycles. The lowest BCUT2D eigenvalue weighted by Crippen LogP contribution is -2.15. The van der Waals surface area contributed by atoms with Crippen LogP contribution in [0.25, 0.3) is 0 Å². The Balaban J connectivity index is 1.58. The van der Waals surface area contributed by atoms with E-state index < -0.39 is 0 Å². The highest BCUT2D eigenvalue weighted by Crippen LogP contribution is 2.35. The quantitative estimate of drug-likeness (QED) is 0.646. The molecule has 0 amide bonds. The first kappa shape index (κ1) is 17.0. The van der Waals surface area contributed by atoms with Gasteiger partial charge in [-0.15, -0.1) is 0 Å². The van der Waals surface area contributed by atoms with Crippen LogP contribution in [0.2, 0.25) is 0 Å². The average molecular weight is 363 g/mol. The van der Waals surface area contributed by atoms with Crippen molar-refractivity contribution < 1.29 is 9.47 Å². The molecule has 0 spiro atoms. The van der Waals surface area contributed by atoms with E-state index in [4.69, 9.17) is 15.2 Å². The number of aryl methyl sites for hydroxylation is 2. The van der Waals surface area contributed by atoms with E-state index in [9.17, 15) is 0 Å². The third-order valence-electron chi connectivity index (χ3n) is 4.32. The Bertz CT molecular complexity index is 990. The number of hydrogen-bond acceptors (Lipinski definition) is 7. The van der Waals surface area contributed by atoms with Crippen LogP contribution in [-0.2, 0) is 0 Å². The Hall–Kier alpha value is -3.48. The molecule has 7 nitrogen and oxygen atoms in total. The van der Waals surface area contributed by atoms with Crippen molar-refractivity contribution in [3.05, 3.63) is 53.9 Å². The minimum atomic E-state index is 0.437. The highest BCUT2D eigenvalue weighted by molar-refractivity contribution is 5.81. The van der Waals surface area contributed by atoms with Gasteiger partial charge in [-0.2, -0.15) is 0 Å². The Morgan fingerprint density at radius 1 is 0.889 bits per heavy atom. The molecule has 4 rings (SSSR count). The molecule has 1 aromatic heterocycles. The number of fused-ring (bicyclic) bond motifs is 1. The molecule has 2 heterocycles. The van der Waals surface area contributed by atoms with Crippen LogP contribution in [0.5, 0.6) is 11.5 Å². The minimum absolute atomic E-state index is 0.437. The van der Waals surface area contributed by atoms with Crippen LogP contribution in [0, 0.1) is 13.8 Å². The lowest BCUT2D eigenvalue weighted by molar-refractivity contribution is 0.171. The Morgan fingerprint density at radius 3 is 2.41 bits per heavy atom. The van der Waals surface area contributed by atoms with Crippen molar-refractivity contribution in [2.24, 2.45) is 0 Å². The number of nitrogens with zero attached hydrogens (tertiary/aromatic N) is 2. The molecule has 2 aromatic carbocycles. The van der Waals surface area contributed by atoms with E-state index in [0.29, 0.717) is 36.3 Å². The smallest absolute Gasteiger partial charge is 0.163 e. The van der Waals surface area contributed by atoms with Crippen molar-refractivity contribution in [3.63, 3.8) is 0 Å². The predicted molar refractivity (Wildman–Crippen MR) is 106 cm³/mol. The topological polar surface area (TPSA) is 94.3 Å². The van der Waals surface area contributed by atoms with Crippen molar-refractivity contribution in [1.29, 1.82) is 0 Å². The van der Waals surface area contributed by atoms with E-state index in [1.165, 1.54) is 11.9 Å². The van der Waals surface area contributed by atoms with Gasteiger partial charge in [0, 0.05) is 17.4 Å². The number of nitrogen functional groups attached to an aromatic ring is 1. The van der Waals surface area contributed by atoms with Crippen molar-refractivity contribution >= 4 is 28.7 Å². The van der Waals surface area contributed by atoms with Gasteiger partial charge >= 0.3 is 0 Å². The zero-order chi connectivity index (χ0) is 18.8. The molecule has 0 bridgehead atoms. The largest absolute Gasteiger partial charge is 0.486 e. The van der Waals surface area contributed by atoms with Gasteiger partial charge in [0.25, 0.3) is 0 Å². The second-order valence-corrected chi connectivity index (χ2v) is 6.41. The Morgan fingerprint density at radius 2 is 1.63 bits per heavy atom. The van der Waals surface area contributed by atoms with Gasteiger partial charge < -0.3 is 25.8 Å². The second kappa shape index (κ2) is 7.03. The van der Waals surface area contributed by atoms with Crippen LogP contribution < -0.4 is 25.8 Å². The standard InChI is InChI=1S/C20H21N5O2/c1-12-3-5-15(13(2)9-12)25-20-18(21)19(22-11-23-20)24-14-4-6-16-17(10-14)27-8-7-26-16/h3-6,9-11H,7-8,21H2,1-2H3,(H2,22,23,24,25). The normalized spacial score (nSPS) is 12.5. The van der Waals surface area contributed by atoms with Gasteiger partial charge in [-0.3, -0.25) is 0 Å². The summed E-state index contributed by atoms with van der Waals surface area (Å²) >= 11 is 0. The zero-order valence-electron chi connectivity index (χ0n) is 15.2. The highest BCUT2D eigenvalue weighted by atomic mass is 16.6. The number of hydrogen-bond donors (Lipinski definition) is 3. The fourth-order valence-electron chi connectivity index (χ4n) is 2.93. The van der Waals surface area contributed by atoms with Gasteiger partial charge in [-0.05, 0) is 37.6 Å². The van der Waals surface area contributed by atoms with E-state index in [1.54, 1.807) is 0 Å². The summed E-state index contributed by atoms with van der Waals surface area (Å²) < 4.78 is 11.2. The summed E-state index contributed by atoms with van der Waals surface area (Å²) in [5.41, 5.74) is 10.8. The minimum Gasteiger partial charge on any atom is -0.486 e. The summed E-state index contributed by atoms with van der Waals surface area (Å²) in [6.45, 7) is 5.20. The summed E-state index contributed by atoms with van der Waals surface area (Å²) in [5, 5.41) is 6.50. The van der Waals surface area contributed by atoms with Crippen molar-refractivity contribution in [2.75, 3.05) is 29.6 Å². The molecule has 138 valence electrons. The van der Waals surface area contributed by atoms with Crippen molar-refractivity contribution in [2.45, 2.75) is 13.8 Å². The summed E-state index contributed by atoms with van der Waals surface area (Å²) in [5.74, 6) is 2.51. The molecule has 0 saturated carbocycles. The monoisotopic (exact) mass is 363 g/mol. The molecule has 7 heteroatoms. The fraction of sp³-hybridized carbons (Fsp3) is 0.200. The molecular formula is C20H21N5O2. The highest BCUT2D eigenvalue weighted by Gasteiger charge is 2.14. The van der Waals surface area contributed by atoms with Crippen molar-refractivity contribution in [3.8, 4) is 11.5 Å². The number of rotatable bonds is 4. The molecule has 4 N–H and O–H groups in total. The van der Waals surface area contributed by atoms with E-state index >= 15 is 0 Å². The third kappa shape index (κ3) is 3.57. The molecule has 3 aromatic rings. The summed E-state index contributed by atoms with van der Waals surface area (Å²) in [7, 11) is 0. The molecule has 0 unspecified atom stereocenters. The van der Waals surface area contributed by atoms with Crippen LogP contribution >= 0.6 is 0 Å². The van der Waals surface area contributed by atoms with Gasteiger partial charge in [-0.1, -0.05) is 17.7 Å². The second-order valence-electron chi connectivity index (χ2n) is 6.41. The van der Waals surface area contributed by atoms with Gasteiger partial charge in [0.05, 0.1) is 0 Å². The molecule has 1 aliphatic rings. The SMILES string of the molecule is Cc1ccc(Nc2ncnc(Nc3ccc4c(c3)OCCO4)c2N)c(C)c1. The van der Waals surface area contributed by atoms with E-state index in [0.717, 1.165) is 22.7 Å². The average Bonchev–Trinajstić information content (AvgIpc) is 2.67. The van der Waals surface area contributed by atoms with Crippen LogP contribution in [0.1, 0.15) is 11.1 Å². The molecule has 1 aliphatic heterocycles. The molecule has 0 radical (unpaired) electrons. The Kier molecular flexibility index (Phi) is 4.42. The zero-order valence-corrected chi connectivity index (χ0v) is 15.2. The van der Waals surface area contributed by atoms with Gasteiger partial charge in [0.1, 0.15) is 25.2 Å². The molecule has 0 atom stereocenters. The van der Waals surface area contributed by atoms with E-state index in [-0.39, 0.29) is 0 Å². The maximum Gasteiger partial charge on any atom is 0.163 e. The number of aromatic nitrogens is 2. The van der Waals surface area contributed by atoms with Gasteiger partial charge in [0.15, 0.2) is 23.1 Å². The number of nitrogens with two attached hydrogens (primary N) is 1.